The molecule has 1 aromatic heterocycles. The van der Waals surface area contributed by atoms with Crippen LogP contribution in [0.5, 0.6) is 0 Å². The first-order valence-electron chi connectivity index (χ1n) is 4.42. The molecule has 0 aliphatic rings. The fourth-order valence-electron chi connectivity index (χ4n) is 1.33. The molecule has 78 valence electrons. The normalized spacial score (nSPS) is 12.7. The molecule has 1 aromatic carbocycles. The molecule has 1 atom stereocenters. The lowest BCUT2D eigenvalue weighted by atomic mass is 10.1. The topological polar surface area (TPSA) is 30.7 Å². The lowest BCUT2D eigenvalue weighted by molar-refractivity contribution is 0.818. The minimum absolute atomic E-state index is 0.0718. The zero-order chi connectivity index (χ0) is 10.8. The molecule has 2 rings (SSSR count). The van der Waals surface area contributed by atoms with E-state index < -0.39 is 0 Å². The first kappa shape index (κ1) is 10.8. The van der Waals surface area contributed by atoms with Crippen LogP contribution < -0.4 is 0 Å². The summed E-state index contributed by atoms with van der Waals surface area (Å²) in [5, 5.41) is 7.93. The number of halogens is 2. The average Bonchev–Trinajstić information content (AvgIpc) is 2.63. The summed E-state index contributed by atoms with van der Waals surface area (Å²) in [4.78, 5) is 0.0718. The third-order valence-electron chi connectivity index (χ3n) is 2.11. The molecular weight excluding hydrogens is 322 g/mol. The minimum atomic E-state index is 0.0718. The average molecular weight is 331 g/mol. The second-order valence-corrected chi connectivity index (χ2v) is 5.05. The Bertz CT molecular complexity index is 467. The van der Waals surface area contributed by atoms with Gasteiger partial charge in [0, 0.05) is 11.5 Å². The number of alkyl halides is 1. The number of aromatic nitrogens is 3. The Morgan fingerprint density at radius 1 is 1.40 bits per heavy atom. The van der Waals surface area contributed by atoms with E-state index in [1.54, 1.807) is 6.33 Å². The van der Waals surface area contributed by atoms with E-state index in [-0.39, 0.29) is 4.83 Å². The predicted molar refractivity (Wildman–Crippen MR) is 65.9 cm³/mol. The molecule has 0 fully saturated rings. The van der Waals surface area contributed by atoms with Crippen molar-refractivity contribution < 1.29 is 0 Å². The maximum atomic E-state index is 4.07. The van der Waals surface area contributed by atoms with Crippen LogP contribution in [0.2, 0.25) is 0 Å². The van der Waals surface area contributed by atoms with E-state index in [9.17, 15) is 0 Å². The van der Waals surface area contributed by atoms with Gasteiger partial charge in [0.05, 0.1) is 4.83 Å². The van der Waals surface area contributed by atoms with Crippen LogP contribution in [0.15, 0.2) is 35.1 Å². The van der Waals surface area contributed by atoms with Crippen molar-refractivity contribution in [2.75, 3.05) is 0 Å². The fraction of sp³-hybridized carbons (Fsp3) is 0.200. The monoisotopic (exact) mass is 329 g/mol. The molecule has 0 aliphatic heterocycles. The van der Waals surface area contributed by atoms with Crippen molar-refractivity contribution in [2.45, 2.75) is 4.83 Å². The van der Waals surface area contributed by atoms with Gasteiger partial charge < -0.3 is 4.57 Å². The Labute approximate surface area is 105 Å². The second-order valence-electron chi connectivity index (χ2n) is 3.22. The van der Waals surface area contributed by atoms with E-state index >= 15 is 0 Å². The summed E-state index contributed by atoms with van der Waals surface area (Å²) in [6, 6.07) is 8.12. The van der Waals surface area contributed by atoms with Crippen LogP contribution in [0.25, 0.3) is 0 Å². The van der Waals surface area contributed by atoms with E-state index in [0.717, 1.165) is 15.9 Å². The van der Waals surface area contributed by atoms with E-state index in [4.69, 9.17) is 0 Å². The molecule has 0 aliphatic carbocycles. The maximum absolute atomic E-state index is 4.07. The van der Waals surface area contributed by atoms with Gasteiger partial charge in [-0.05, 0) is 17.7 Å². The lowest BCUT2D eigenvalue weighted by Crippen LogP contribution is -2.01. The smallest absolute Gasteiger partial charge is 0.150 e. The molecule has 0 spiro atoms. The van der Waals surface area contributed by atoms with Crippen LogP contribution in [0.4, 0.5) is 0 Å². The highest BCUT2D eigenvalue weighted by Gasteiger charge is 2.15. The van der Waals surface area contributed by atoms with Crippen LogP contribution in [0.3, 0.4) is 0 Å². The van der Waals surface area contributed by atoms with E-state index in [2.05, 4.69) is 54.2 Å². The molecule has 0 N–H and O–H groups in total. The summed E-state index contributed by atoms with van der Waals surface area (Å²) in [5.41, 5.74) is 1.15. The van der Waals surface area contributed by atoms with Gasteiger partial charge in [-0.1, -0.05) is 44.0 Å². The molecular formula is C10H9Br2N3. The van der Waals surface area contributed by atoms with Gasteiger partial charge in [-0.15, -0.1) is 10.2 Å². The molecule has 0 radical (unpaired) electrons. The van der Waals surface area contributed by atoms with Gasteiger partial charge in [0.1, 0.15) is 6.33 Å². The molecule has 1 heterocycles. The number of hydrogen-bond donors (Lipinski definition) is 0. The largest absolute Gasteiger partial charge is 0.319 e. The lowest BCUT2D eigenvalue weighted by Gasteiger charge is -2.09. The molecule has 5 heteroatoms. The van der Waals surface area contributed by atoms with Crippen LogP contribution >= 0.6 is 31.9 Å². The summed E-state index contributed by atoms with van der Waals surface area (Å²) in [7, 11) is 1.93. The third kappa shape index (κ3) is 2.29. The van der Waals surface area contributed by atoms with Crippen molar-refractivity contribution in [3.63, 3.8) is 0 Å². The highest BCUT2D eigenvalue weighted by atomic mass is 79.9. The van der Waals surface area contributed by atoms with Crippen LogP contribution in [-0.4, -0.2) is 14.8 Å². The van der Waals surface area contributed by atoms with Crippen molar-refractivity contribution in [2.24, 2.45) is 7.05 Å². The van der Waals surface area contributed by atoms with Gasteiger partial charge in [-0.2, -0.15) is 0 Å². The van der Waals surface area contributed by atoms with Crippen LogP contribution in [0.1, 0.15) is 16.2 Å². The SMILES string of the molecule is Cn1cnnc1C(Br)c1cccc(Br)c1. The molecule has 0 amide bonds. The zero-order valence-corrected chi connectivity index (χ0v) is 11.2. The molecule has 0 bridgehead atoms. The highest BCUT2D eigenvalue weighted by molar-refractivity contribution is 9.10. The van der Waals surface area contributed by atoms with Gasteiger partial charge >= 0.3 is 0 Å². The van der Waals surface area contributed by atoms with Crippen molar-refractivity contribution in [1.82, 2.24) is 14.8 Å². The van der Waals surface area contributed by atoms with Crippen molar-refractivity contribution >= 4 is 31.9 Å². The van der Waals surface area contributed by atoms with Crippen molar-refractivity contribution in [3.05, 3.63) is 46.5 Å². The standard InChI is InChI=1S/C10H9Br2N3/c1-15-6-13-14-10(15)9(12)7-3-2-4-8(11)5-7/h2-6,9H,1H3. The minimum Gasteiger partial charge on any atom is -0.319 e. The molecule has 0 saturated carbocycles. The summed E-state index contributed by atoms with van der Waals surface area (Å²) in [5.74, 6) is 0.896. The summed E-state index contributed by atoms with van der Waals surface area (Å²) < 4.78 is 2.96. The van der Waals surface area contributed by atoms with Crippen molar-refractivity contribution in [1.29, 1.82) is 0 Å². The number of aryl methyl sites for hydroxylation is 1. The van der Waals surface area contributed by atoms with Gasteiger partial charge in [-0.3, -0.25) is 0 Å². The third-order valence-corrected chi connectivity index (χ3v) is 3.55. The predicted octanol–water partition coefficient (Wildman–Crippen LogP) is 3.06. The molecule has 0 saturated heterocycles. The Morgan fingerprint density at radius 2 is 2.20 bits per heavy atom. The quantitative estimate of drug-likeness (QED) is 0.792. The number of hydrogen-bond acceptors (Lipinski definition) is 2. The van der Waals surface area contributed by atoms with Crippen molar-refractivity contribution in [3.8, 4) is 0 Å². The molecule has 1 unspecified atom stereocenters. The summed E-state index contributed by atoms with van der Waals surface area (Å²) in [6.45, 7) is 0. The van der Waals surface area contributed by atoms with Gasteiger partial charge in [0.2, 0.25) is 0 Å². The van der Waals surface area contributed by atoms with Crippen LogP contribution in [0, 0.1) is 0 Å². The van der Waals surface area contributed by atoms with Gasteiger partial charge in [0.15, 0.2) is 5.82 Å². The van der Waals surface area contributed by atoms with Gasteiger partial charge in [0.25, 0.3) is 0 Å². The Morgan fingerprint density at radius 3 is 2.80 bits per heavy atom. The Balaban J connectivity index is 2.36. The number of benzene rings is 1. The Kier molecular flexibility index (Phi) is 3.21. The van der Waals surface area contributed by atoms with Crippen LogP contribution in [-0.2, 0) is 7.05 Å². The summed E-state index contributed by atoms with van der Waals surface area (Å²) in [6.07, 6.45) is 1.70. The molecule has 15 heavy (non-hydrogen) atoms. The first-order valence-corrected chi connectivity index (χ1v) is 6.13. The van der Waals surface area contributed by atoms with E-state index in [0.29, 0.717) is 0 Å². The zero-order valence-electron chi connectivity index (χ0n) is 8.06. The highest BCUT2D eigenvalue weighted by Crippen LogP contribution is 2.30. The fourth-order valence-corrected chi connectivity index (χ4v) is 2.45. The molecule has 2 aromatic rings. The summed E-state index contributed by atoms with van der Waals surface area (Å²) >= 11 is 7.06. The molecule has 3 nitrogen and oxygen atoms in total. The van der Waals surface area contributed by atoms with E-state index in [1.165, 1.54) is 0 Å². The Hall–Kier alpha value is -0.680. The van der Waals surface area contributed by atoms with Gasteiger partial charge in [-0.25, -0.2) is 0 Å². The number of rotatable bonds is 2. The maximum Gasteiger partial charge on any atom is 0.150 e. The van der Waals surface area contributed by atoms with E-state index in [1.807, 2.05) is 23.7 Å². The first-order chi connectivity index (χ1) is 7.18. The second kappa shape index (κ2) is 4.45. The number of nitrogens with zero attached hydrogens (tertiary/aromatic N) is 3.